The van der Waals surface area contributed by atoms with Crippen LogP contribution in [0.2, 0.25) is 0 Å². The molecule has 0 spiro atoms. The highest BCUT2D eigenvalue weighted by molar-refractivity contribution is 7.15. The molecular weight excluding hydrogens is 482 g/mol. The maximum atomic E-state index is 13.7. The molecule has 4 aromatic rings. The fourth-order valence-corrected chi connectivity index (χ4v) is 4.79. The van der Waals surface area contributed by atoms with Crippen molar-refractivity contribution in [3.05, 3.63) is 88.8 Å². The fraction of sp³-hybridized carbons (Fsp3) is 0.154. The van der Waals surface area contributed by atoms with Gasteiger partial charge in [0.15, 0.2) is 22.9 Å². The first-order chi connectivity index (χ1) is 17.4. The predicted molar refractivity (Wildman–Crippen MR) is 134 cm³/mol. The second-order valence-electron chi connectivity index (χ2n) is 7.93. The molecule has 2 aromatic carbocycles. The highest BCUT2D eigenvalue weighted by atomic mass is 32.1. The molecule has 0 aliphatic carbocycles. The Morgan fingerprint density at radius 2 is 2.03 bits per heavy atom. The highest BCUT2D eigenvalue weighted by Crippen LogP contribution is 2.43. The third-order valence-electron chi connectivity index (χ3n) is 5.69. The Morgan fingerprint density at radius 1 is 1.25 bits per heavy atom. The third kappa shape index (κ3) is 3.91. The summed E-state index contributed by atoms with van der Waals surface area (Å²) in [5.74, 6) is -1.02. The lowest BCUT2D eigenvalue weighted by Crippen LogP contribution is -2.31. The van der Waals surface area contributed by atoms with E-state index in [4.69, 9.17) is 13.9 Å². The van der Waals surface area contributed by atoms with Crippen LogP contribution in [0, 0.1) is 6.92 Å². The summed E-state index contributed by atoms with van der Waals surface area (Å²) < 4.78 is 16.7. The van der Waals surface area contributed by atoms with Gasteiger partial charge in [-0.2, -0.15) is 0 Å². The van der Waals surface area contributed by atoms with E-state index in [1.165, 1.54) is 23.3 Å². The third-order valence-corrected chi connectivity index (χ3v) is 6.53. The molecule has 0 saturated heterocycles. The van der Waals surface area contributed by atoms with E-state index < -0.39 is 23.5 Å². The Bertz CT molecular complexity index is 1520. The Labute approximate surface area is 209 Å². The lowest BCUT2D eigenvalue weighted by atomic mass is 9.95. The largest absolute Gasteiger partial charge is 0.503 e. The van der Waals surface area contributed by atoms with Crippen LogP contribution >= 0.6 is 11.3 Å². The number of para-hydroxylation sites is 1. The Hall–Kier alpha value is -4.44. The maximum Gasteiger partial charge on any atom is 0.296 e. The Morgan fingerprint density at radius 3 is 2.69 bits per heavy atom. The molecule has 9 nitrogen and oxygen atoms in total. The minimum absolute atomic E-state index is 0.0323. The van der Waals surface area contributed by atoms with E-state index in [2.05, 4.69) is 16.8 Å². The molecule has 0 bridgehead atoms. The van der Waals surface area contributed by atoms with Crippen LogP contribution < -0.4 is 14.4 Å². The number of amides is 1. The van der Waals surface area contributed by atoms with Crippen molar-refractivity contribution < 1.29 is 28.6 Å². The van der Waals surface area contributed by atoms with Gasteiger partial charge in [0.05, 0.1) is 18.7 Å². The van der Waals surface area contributed by atoms with Crippen molar-refractivity contribution in [2.75, 3.05) is 18.6 Å². The topological polar surface area (TPSA) is 115 Å². The Kier molecular flexibility index (Phi) is 6.03. The summed E-state index contributed by atoms with van der Waals surface area (Å²) in [5.41, 5.74) is 0.846. The molecule has 0 saturated carbocycles. The monoisotopic (exact) mass is 503 g/mol. The predicted octanol–water partition coefficient (Wildman–Crippen LogP) is 4.95. The smallest absolute Gasteiger partial charge is 0.296 e. The zero-order chi connectivity index (χ0) is 25.4. The van der Waals surface area contributed by atoms with Crippen molar-refractivity contribution >= 4 is 39.1 Å². The number of hydrogen-bond acceptors (Lipinski definition) is 9. The molecule has 1 aliphatic rings. The number of aromatic nitrogens is 2. The van der Waals surface area contributed by atoms with Crippen molar-refractivity contribution in [1.29, 1.82) is 0 Å². The second-order valence-corrected chi connectivity index (χ2v) is 9.09. The number of aryl methyl sites for hydroxylation is 1. The number of aliphatic hydroxyl groups excluding tert-OH is 1. The van der Waals surface area contributed by atoms with E-state index in [0.717, 1.165) is 0 Å². The van der Waals surface area contributed by atoms with Crippen molar-refractivity contribution in [3.63, 3.8) is 0 Å². The molecule has 1 atom stereocenters. The number of fused-ring (bicyclic) bond motifs is 1. The van der Waals surface area contributed by atoms with Gasteiger partial charge in [-0.25, -0.2) is 0 Å². The number of ketones is 1. The van der Waals surface area contributed by atoms with Crippen LogP contribution in [0.25, 0.3) is 11.0 Å². The van der Waals surface area contributed by atoms with Crippen LogP contribution in [0.5, 0.6) is 11.5 Å². The molecule has 3 heterocycles. The molecule has 0 fully saturated rings. The van der Waals surface area contributed by atoms with Gasteiger partial charge in [0.2, 0.25) is 10.9 Å². The average Bonchev–Trinajstić information content (AvgIpc) is 3.58. The summed E-state index contributed by atoms with van der Waals surface area (Å²) in [6, 6.07) is 12.8. The normalized spacial score (nSPS) is 15.6. The van der Waals surface area contributed by atoms with Gasteiger partial charge in [-0.1, -0.05) is 48.3 Å². The van der Waals surface area contributed by atoms with E-state index in [-0.39, 0.29) is 16.5 Å². The molecule has 10 heteroatoms. The number of aliphatic hydroxyl groups is 1. The average molecular weight is 504 g/mol. The summed E-state index contributed by atoms with van der Waals surface area (Å²) in [6.07, 6.45) is 1.63. The first kappa shape index (κ1) is 23.3. The summed E-state index contributed by atoms with van der Waals surface area (Å²) in [6.45, 7) is 5.72. The van der Waals surface area contributed by atoms with Crippen LogP contribution in [0.3, 0.4) is 0 Å². The number of carbonyl (C=O) groups excluding carboxylic acids is 2. The zero-order valence-corrected chi connectivity index (χ0v) is 20.2. The summed E-state index contributed by atoms with van der Waals surface area (Å²) in [7, 11) is 1.50. The van der Waals surface area contributed by atoms with Gasteiger partial charge < -0.3 is 19.0 Å². The number of methoxy groups -OCH3 is 1. The zero-order valence-electron chi connectivity index (χ0n) is 19.4. The van der Waals surface area contributed by atoms with Gasteiger partial charge in [-0.05, 0) is 36.8 Å². The number of rotatable bonds is 8. The quantitative estimate of drug-likeness (QED) is 0.265. The maximum absolute atomic E-state index is 13.7. The Balaban J connectivity index is 1.61. The highest BCUT2D eigenvalue weighted by Gasteiger charge is 2.46. The first-order valence-corrected chi connectivity index (χ1v) is 11.8. The first-order valence-electron chi connectivity index (χ1n) is 10.9. The van der Waals surface area contributed by atoms with E-state index in [0.29, 0.717) is 39.6 Å². The molecule has 182 valence electrons. The standard InChI is InChI=1S/C26H21N3O6S/c1-4-12-34-17-10-8-15(9-11-17)21-20(23(31)25(32)29(21)26-28-27-14(2)36-26)22(30)19-13-16-6-5-7-18(33-3)24(16)35-19/h4-11,13,21,31H,1,12H2,2-3H3. The van der Waals surface area contributed by atoms with E-state index in [1.807, 2.05) is 0 Å². The van der Waals surface area contributed by atoms with Crippen molar-refractivity contribution in [2.45, 2.75) is 13.0 Å². The van der Waals surface area contributed by atoms with Gasteiger partial charge in [0.1, 0.15) is 17.4 Å². The van der Waals surface area contributed by atoms with Crippen molar-refractivity contribution in [3.8, 4) is 11.5 Å². The number of hydrogen-bond donors (Lipinski definition) is 1. The molecule has 5 rings (SSSR count). The number of benzene rings is 2. The number of nitrogens with zero attached hydrogens (tertiary/aromatic N) is 3. The second kappa shape index (κ2) is 9.31. The lowest BCUT2D eigenvalue weighted by Gasteiger charge is -2.24. The molecular formula is C26H21N3O6S. The molecule has 1 unspecified atom stereocenters. The van der Waals surface area contributed by atoms with Gasteiger partial charge in [-0.15, -0.1) is 10.2 Å². The summed E-state index contributed by atoms with van der Waals surface area (Å²) in [5, 5.41) is 20.6. The van der Waals surface area contributed by atoms with Gasteiger partial charge in [0.25, 0.3) is 5.91 Å². The fourth-order valence-electron chi connectivity index (χ4n) is 4.08. The van der Waals surface area contributed by atoms with Crippen molar-refractivity contribution in [2.24, 2.45) is 0 Å². The van der Waals surface area contributed by atoms with E-state index in [9.17, 15) is 14.7 Å². The van der Waals surface area contributed by atoms with E-state index >= 15 is 0 Å². The number of anilines is 1. The molecule has 1 amide bonds. The van der Waals surface area contributed by atoms with Gasteiger partial charge in [-0.3, -0.25) is 14.5 Å². The minimum atomic E-state index is -0.957. The van der Waals surface area contributed by atoms with Crippen LogP contribution in [0.1, 0.15) is 27.2 Å². The molecule has 1 aliphatic heterocycles. The molecule has 36 heavy (non-hydrogen) atoms. The number of Topliss-reactive ketones (excluding diaryl/α,β-unsaturated/α-hetero) is 1. The van der Waals surface area contributed by atoms with E-state index in [1.54, 1.807) is 61.5 Å². The SMILES string of the molecule is C=CCOc1ccc(C2C(C(=O)c3cc4cccc(OC)c4o3)=C(O)C(=O)N2c2nnc(C)s2)cc1. The number of ether oxygens (including phenoxy) is 2. The van der Waals surface area contributed by atoms with Crippen LogP contribution in [0.4, 0.5) is 5.13 Å². The lowest BCUT2D eigenvalue weighted by molar-refractivity contribution is -0.117. The van der Waals surface area contributed by atoms with Crippen molar-refractivity contribution in [1.82, 2.24) is 10.2 Å². The summed E-state index contributed by atoms with van der Waals surface area (Å²) >= 11 is 1.18. The molecule has 0 radical (unpaired) electrons. The van der Waals surface area contributed by atoms with Gasteiger partial charge in [0, 0.05) is 5.39 Å². The minimum Gasteiger partial charge on any atom is -0.503 e. The van der Waals surface area contributed by atoms with Crippen LogP contribution in [0.15, 0.2) is 76.9 Å². The number of carbonyl (C=O) groups is 2. The molecule has 1 N–H and O–H groups in total. The molecule has 2 aromatic heterocycles. The van der Waals surface area contributed by atoms with Crippen LogP contribution in [-0.2, 0) is 4.79 Å². The summed E-state index contributed by atoms with van der Waals surface area (Å²) in [4.78, 5) is 28.3. The number of furan rings is 1. The van der Waals surface area contributed by atoms with Gasteiger partial charge >= 0.3 is 0 Å². The van der Waals surface area contributed by atoms with Crippen LogP contribution in [-0.4, -0.2) is 40.7 Å².